The van der Waals surface area contributed by atoms with Crippen LogP contribution >= 0.6 is 0 Å². The van der Waals surface area contributed by atoms with Crippen molar-refractivity contribution in [2.24, 2.45) is 0 Å². The maximum absolute atomic E-state index is 5.60. The third-order valence-electron chi connectivity index (χ3n) is 4.17. The van der Waals surface area contributed by atoms with Crippen LogP contribution in [-0.2, 0) is 6.42 Å². The molecule has 1 heteroatoms. The van der Waals surface area contributed by atoms with Gasteiger partial charge in [-0.15, -0.1) is 6.42 Å². The molecule has 0 N–H and O–H groups in total. The van der Waals surface area contributed by atoms with Crippen LogP contribution in [0.4, 0.5) is 0 Å². The molecule has 0 amide bonds. The zero-order valence-electron chi connectivity index (χ0n) is 11.7. The molecule has 1 aromatic heterocycles. The van der Waals surface area contributed by atoms with Gasteiger partial charge in [-0.2, -0.15) is 0 Å². The molecule has 0 saturated heterocycles. The lowest BCUT2D eigenvalue weighted by molar-refractivity contribution is 0.873. The number of para-hydroxylation sites is 2. The molecule has 0 unspecified atom stereocenters. The summed E-state index contributed by atoms with van der Waals surface area (Å²) in [5.41, 5.74) is 6.21. The van der Waals surface area contributed by atoms with E-state index in [0.29, 0.717) is 0 Å². The van der Waals surface area contributed by atoms with Crippen LogP contribution in [0.1, 0.15) is 17.7 Å². The molecule has 0 aliphatic heterocycles. The lowest BCUT2D eigenvalue weighted by Crippen LogP contribution is -2.04. The van der Waals surface area contributed by atoms with Crippen LogP contribution in [0.5, 0.6) is 0 Å². The van der Waals surface area contributed by atoms with E-state index in [-0.39, 0.29) is 0 Å². The SMILES string of the molecule is C#CC1=Cc2c(n(-c3ccccc3)c3ccccc23)CC1. The molecule has 0 fully saturated rings. The third-order valence-corrected chi connectivity index (χ3v) is 4.17. The van der Waals surface area contributed by atoms with Crippen LogP contribution in [0.25, 0.3) is 22.7 Å². The quantitative estimate of drug-likeness (QED) is 0.569. The molecule has 2 aromatic carbocycles. The van der Waals surface area contributed by atoms with Crippen LogP contribution in [0.3, 0.4) is 0 Å². The van der Waals surface area contributed by atoms with Crippen molar-refractivity contribution in [1.29, 1.82) is 0 Å². The molecule has 21 heavy (non-hydrogen) atoms. The topological polar surface area (TPSA) is 4.93 Å². The second kappa shape index (κ2) is 4.68. The Kier molecular flexibility index (Phi) is 2.69. The van der Waals surface area contributed by atoms with Crippen molar-refractivity contribution in [2.45, 2.75) is 12.8 Å². The van der Waals surface area contributed by atoms with E-state index in [1.54, 1.807) is 0 Å². The fraction of sp³-hybridized carbons (Fsp3) is 0.100. The zero-order chi connectivity index (χ0) is 14.2. The summed E-state index contributed by atoms with van der Waals surface area (Å²) in [5.74, 6) is 2.81. The van der Waals surface area contributed by atoms with Crippen molar-refractivity contribution in [2.75, 3.05) is 0 Å². The van der Waals surface area contributed by atoms with E-state index >= 15 is 0 Å². The first-order valence-corrected chi connectivity index (χ1v) is 7.23. The number of allylic oxidation sites excluding steroid dienone is 1. The predicted molar refractivity (Wildman–Crippen MR) is 88.4 cm³/mol. The minimum atomic E-state index is 0.951. The van der Waals surface area contributed by atoms with Crippen molar-refractivity contribution < 1.29 is 0 Å². The summed E-state index contributed by atoms with van der Waals surface area (Å²) in [6.07, 6.45) is 9.72. The highest BCUT2D eigenvalue weighted by Crippen LogP contribution is 2.35. The van der Waals surface area contributed by atoms with E-state index in [9.17, 15) is 0 Å². The van der Waals surface area contributed by atoms with Crippen molar-refractivity contribution in [1.82, 2.24) is 4.57 Å². The third kappa shape index (κ3) is 1.80. The van der Waals surface area contributed by atoms with Gasteiger partial charge in [-0.25, -0.2) is 0 Å². The molecule has 1 heterocycles. The van der Waals surface area contributed by atoms with Crippen molar-refractivity contribution in [3.8, 4) is 18.0 Å². The highest BCUT2D eigenvalue weighted by Gasteiger charge is 2.19. The Bertz CT molecular complexity index is 889. The average Bonchev–Trinajstić information content (AvgIpc) is 2.89. The maximum atomic E-state index is 5.60. The van der Waals surface area contributed by atoms with Gasteiger partial charge in [0.15, 0.2) is 0 Å². The van der Waals surface area contributed by atoms with E-state index in [1.165, 1.54) is 27.8 Å². The first kappa shape index (κ1) is 12.1. The molecule has 0 spiro atoms. The van der Waals surface area contributed by atoms with Gasteiger partial charge < -0.3 is 4.57 Å². The molecule has 0 atom stereocenters. The number of terminal acetylenes is 1. The minimum Gasteiger partial charge on any atom is -0.313 e. The number of aromatic nitrogens is 1. The van der Waals surface area contributed by atoms with Gasteiger partial charge in [-0.05, 0) is 37.1 Å². The van der Waals surface area contributed by atoms with E-state index in [0.717, 1.165) is 18.4 Å². The lowest BCUT2D eigenvalue weighted by Gasteiger charge is -2.14. The number of nitrogens with zero attached hydrogens (tertiary/aromatic N) is 1. The van der Waals surface area contributed by atoms with Gasteiger partial charge in [0, 0.05) is 27.9 Å². The van der Waals surface area contributed by atoms with Crippen LogP contribution in [0, 0.1) is 12.3 Å². The predicted octanol–water partition coefficient (Wildman–Crippen LogP) is 4.59. The normalized spacial score (nSPS) is 13.6. The number of rotatable bonds is 1. The van der Waals surface area contributed by atoms with Crippen LogP contribution in [-0.4, -0.2) is 4.57 Å². The molecular weight excluding hydrogens is 254 g/mol. The monoisotopic (exact) mass is 269 g/mol. The largest absolute Gasteiger partial charge is 0.313 e. The Morgan fingerprint density at radius 2 is 1.67 bits per heavy atom. The fourth-order valence-corrected chi connectivity index (χ4v) is 3.21. The molecule has 0 saturated carbocycles. The Morgan fingerprint density at radius 1 is 0.905 bits per heavy atom. The molecule has 1 aliphatic rings. The summed E-state index contributed by atoms with van der Waals surface area (Å²) >= 11 is 0. The van der Waals surface area contributed by atoms with Gasteiger partial charge in [0.05, 0.1) is 5.52 Å². The molecule has 0 bridgehead atoms. The highest BCUT2D eigenvalue weighted by molar-refractivity contribution is 5.94. The summed E-state index contributed by atoms with van der Waals surface area (Å²) in [5, 5.41) is 1.28. The molecular formula is C20H15N. The van der Waals surface area contributed by atoms with Crippen LogP contribution in [0.2, 0.25) is 0 Å². The van der Waals surface area contributed by atoms with E-state index in [1.807, 2.05) is 0 Å². The average molecular weight is 269 g/mol. The zero-order valence-corrected chi connectivity index (χ0v) is 11.7. The standard InChI is InChI=1S/C20H15N/c1-2-15-12-13-20-18(14-15)17-10-6-7-11-19(17)21(20)16-8-4-3-5-9-16/h1,3-11,14H,12-13H2. The van der Waals surface area contributed by atoms with E-state index in [4.69, 9.17) is 6.42 Å². The summed E-state index contributed by atoms with van der Waals surface area (Å²) in [4.78, 5) is 0. The molecule has 100 valence electrons. The van der Waals surface area contributed by atoms with Gasteiger partial charge in [0.1, 0.15) is 0 Å². The van der Waals surface area contributed by atoms with Crippen molar-refractivity contribution >= 4 is 17.0 Å². The Labute approximate surface area is 124 Å². The maximum Gasteiger partial charge on any atom is 0.0537 e. The Morgan fingerprint density at radius 3 is 2.48 bits per heavy atom. The summed E-state index contributed by atoms with van der Waals surface area (Å²) in [6, 6.07) is 19.1. The number of benzene rings is 2. The van der Waals surface area contributed by atoms with Gasteiger partial charge in [-0.1, -0.05) is 42.3 Å². The minimum absolute atomic E-state index is 0.951. The highest BCUT2D eigenvalue weighted by atomic mass is 15.0. The summed E-state index contributed by atoms with van der Waals surface area (Å²) < 4.78 is 2.37. The van der Waals surface area contributed by atoms with Crippen LogP contribution < -0.4 is 0 Å². The fourth-order valence-electron chi connectivity index (χ4n) is 3.21. The Balaban J connectivity index is 2.10. The molecule has 4 rings (SSSR count). The molecule has 0 radical (unpaired) electrons. The second-order valence-electron chi connectivity index (χ2n) is 5.36. The Hall–Kier alpha value is -2.72. The van der Waals surface area contributed by atoms with Gasteiger partial charge >= 0.3 is 0 Å². The summed E-state index contributed by atoms with van der Waals surface area (Å²) in [7, 11) is 0. The number of hydrogen-bond donors (Lipinski definition) is 0. The number of hydrogen-bond acceptors (Lipinski definition) is 0. The molecule has 1 nitrogen and oxygen atoms in total. The molecule has 1 aliphatic carbocycles. The summed E-state index contributed by atoms with van der Waals surface area (Å²) in [6.45, 7) is 0. The van der Waals surface area contributed by atoms with Gasteiger partial charge in [0.2, 0.25) is 0 Å². The van der Waals surface area contributed by atoms with E-state index in [2.05, 4.69) is 71.2 Å². The molecule has 3 aromatic rings. The van der Waals surface area contributed by atoms with E-state index < -0.39 is 0 Å². The first-order chi connectivity index (χ1) is 10.4. The smallest absolute Gasteiger partial charge is 0.0537 e. The van der Waals surface area contributed by atoms with Gasteiger partial charge in [-0.3, -0.25) is 0 Å². The first-order valence-electron chi connectivity index (χ1n) is 7.23. The van der Waals surface area contributed by atoms with Crippen LogP contribution in [0.15, 0.2) is 60.2 Å². The second-order valence-corrected chi connectivity index (χ2v) is 5.36. The number of fused-ring (bicyclic) bond motifs is 3. The lowest BCUT2D eigenvalue weighted by atomic mass is 9.96. The van der Waals surface area contributed by atoms with Crippen molar-refractivity contribution in [3.05, 3.63) is 71.4 Å². The van der Waals surface area contributed by atoms with Crippen molar-refractivity contribution in [3.63, 3.8) is 0 Å². The van der Waals surface area contributed by atoms with Gasteiger partial charge in [0.25, 0.3) is 0 Å².